The molecule has 1 saturated carbocycles. The van der Waals surface area contributed by atoms with E-state index in [0.717, 1.165) is 18.7 Å². The Kier molecular flexibility index (Phi) is 3.99. The fraction of sp³-hybridized carbons (Fsp3) is 0.444. The molecular weight excluding hydrogens is 332 g/mol. The third-order valence-corrected chi connectivity index (χ3v) is 5.28. The van der Waals surface area contributed by atoms with Crippen molar-refractivity contribution >= 4 is 17.5 Å². The molecule has 2 aromatic rings. The fourth-order valence-electron chi connectivity index (χ4n) is 3.65. The summed E-state index contributed by atoms with van der Waals surface area (Å²) in [7, 11) is 3.56. The highest BCUT2D eigenvalue weighted by Gasteiger charge is 2.33. The summed E-state index contributed by atoms with van der Waals surface area (Å²) in [6.07, 6.45) is 1.83. The smallest absolute Gasteiger partial charge is 0.256 e. The number of likely N-dealkylation sites (N-methyl/N-ethyl adjacent to an activating group) is 1. The molecule has 8 nitrogen and oxygen atoms in total. The predicted molar refractivity (Wildman–Crippen MR) is 95.5 cm³/mol. The van der Waals surface area contributed by atoms with Crippen molar-refractivity contribution in [3.8, 4) is 0 Å². The highest BCUT2D eigenvalue weighted by atomic mass is 16.2. The first-order valence-electron chi connectivity index (χ1n) is 8.74. The highest BCUT2D eigenvalue weighted by Crippen LogP contribution is 2.35. The number of hydrogen-bond acceptors (Lipinski definition) is 5. The maximum absolute atomic E-state index is 12.8. The number of amides is 2. The van der Waals surface area contributed by atoms with Crippen LogP contribution in [0, 0.1) is 0 Å². The van der Waals surface area contributed by atoms with Gasteiger partial charge in [-0.15, -0.1) is 10.2 Å². The van der Waals surface area contributed by atoms with Gasteiger partial charge in [-0.3, -0.25) is 9.59 Å². The van der Waals surface area contributed by atoms with Crippen molar-refractivity contribution in [2.24, 2.45) is 12.8 Å². The van der Waals surface area contributed by atoms with Gasteiger partial charge in [0.2, 0.25) is 5.91 Å². The van der Waals surface area contributed by atoms with Crippen LogP contribution in [0.5, 0.6) is 0 Å². The van der Waals surface area contributed by atoms with Crippen LogP contribution in [-0.4, -0.2) is 51.1 Å². The zero-order valence-corrected chi connectivity index (χ0v) is 14.9. The van der Waals surface area contributed by atoms with E-state index >= 15 is 0 Å². The average molecular weight is 354 g/mol. The van der Waals surface area contributed by atoms with Crippen LogP contribution in [0.25, 0.3) is 0 Å². The van der Waals surface area contributed by atoms with Crippen LogP contribution in [0.2, 0.25) is 0 Å². The number of benzene rings is 1. The third-order valence-electron chi connectivity index (χ3n) is 5.28. The van der Waals surface area contributed by atoms with E-state index < -0.39 is 0 Å². The minimum Gasteiger partial charge on any atom is -0.332 e. The first-order chi connectivity index (χ1) is 12.5. The van der Waals surface area contributed by atoms with Crippen molar-refractivity contribution in [2.75, 3.05) is 18.5 Å². The molecular formula is C18H22N6O2. The van der Waals surface area contributed by atoms with Gasteiger partial charge in [-0.25, -0.2) is 0 Å². The lowest BCUT2D eigenvalue weighted by molar-refractivity contribution is -0.119. The van der Waals surface area contributed by atoms with Crippen molar-refractivity contribution in [3.63, 3.8) is 0 Å². The van der Waals surface area contributed by atoms with E-state index in [4.69, 9.17) is 5.73 Å². The second-order valence-corrected chi connectivity index (χ2v) is 7.12. The van der Waals surface area contributed by atoms with Gasteiger partial charge < -0.3 is 20.1 Å². The maximum Gasteiger partial charge on any atom is 0.256 e. The van der Waals surface area contributed by atoms with Gasteiger partial charge in [0, 0.05) is 26.1 Å². The molecule has 26 heavy (non-hydrogen) atoms. The number of fused-ring (bicyclic) bond motifs is 1. The molecule has 1 fully saturated rings. The van der Waals surface area contributed by atoms with Gasteiger partial charge in [0.25, 0.3) is 5.91 Å². The Bertz CT molecular complexity index is 870. The van der Waals surface area contributed by atoms with Crippen LogP contribution >= 0.6 is 0 Å². The summed E-state index contributed by atoms with van der Waals surface area (Å²) in [5.74, 6) is 1.64. The van der Waals surface area contributed by atoms with Crippen molar-refractivity contribution in [3.05, 3.63) is 41.5 Å². The van der Waals surface area contributed by atoms with E-state index in [1.54, 1.807) is 30.1 Å². The van der Waals surface area contributed by atoms with Gasteiger partial charge in [-0.05, 0) is 25.0 Å². The van der Waals surface area contributed by atoms with E-state index in [1.165, 1.54) is 4.90 Å². The normalized spacial score (nSPS) is 22.9. The SMILES string of the molecule is CN1CC(=O)N(Cc2nnc(C3CC(N)C3)n2C)c2ccccc2C1=O. The van der Waals surface area contributed by atoms with E-state index in [-0.39, 0.29) is 30.9 Å². The molecule has 1 aromatic carbocycles. The zero-order chi connectivity index (χ0) is 18.4. The first kappa shape index (κ1) is 16.7. The quantitative estimate of drug-likeness (QED) is 0.872. The molecule has 0 radical (unpaired) electrons. The molecule has 0 unspecified atom stereocenters. The molecule has 0 bridgehead atoms. The number of rotatable bonds is 3. The summed E-state index contributed by atoms with van der Waals surface area (Å²) in [6, 6.07) is 7.42. The van der Waals surface area contributed by atoms with E-state index in [0.29, 0.717) is 23.0 Å². The molecule has 1 aromatic heterocycles. The largest absolute Gasteiger partial charge is 0.332 e. The van der Waals surface area contributed by atoms with Crippen molar-refractivity contribution in [2.45, 2.75) is 31.3 Å². The van der Waals surface area contributed by atoms with E-state index in [9.17, 15) is 9.59 Å². The topological polar surface area (TPSA) is 97.3 Å². The maximum atomic E-state index is 12.8. The summed E-state index contributed by atoms with van der Waals surface area (Å²) in [4.78, 5) is 28.3. The highest BCUT2D eigenvalue weighted by molar-refractivity contribution is 6.09. The van der Waals surface area contributed by atoms with Gasteiger partial charge >= 0.3 is 0 Å². The molecule has 2 aliphatic rings. The summed E-state index contributed by atoms with van der Waals surface area (Å²) >= 11 is 0. The minimum atomic E-state index is -0.154. The molecule has 2 amide bonds. The third kappa shape index (κ3) is 2.66. The second kappa shape index (κ2) is 6.21. The predicted octanol–water partition coefficient (Wildman–Crippen LogP) is 0.639. The number of carbonyl (C=O) groups excluding carboxylic acids is 2. The van der Waals surface area contributed by atoms with Crippen molar-refractivity contribution < 1.29 is 9.59 Å². The van der Waals surface area contributed by atoms with E-state index in [1.807, 2.05) is 17.7 Å². The molecule has 0 atom stereocenters. The molecule has 1 aliphatic carbocycles. The number of nitrogens with two attached hydrogens (primary N) is 1. The Morgan fingerprint density at radius 2 is 1.88 bits per heavy atom. The summed E-state index contributed by atoms with van der Waals surface area (Å²) in [6.45, 7) is 0.314. The monoisotopic (exact) mass is 354 g/mol. The van der Waals surface area contributed by atoms with Crippen molar-refractivity contribution in [1.82, 2.24) is 19.7 Å². The van der Waals surface area contributed by atoms with Crippen LogP contribution < -0.4 is 10.6 Å². The molecule has 1 aliphatic heterocycles. The number of aromatic nitrogens is 3. The second-order valence-electron chi connectivity index (χ2n) is 7.12. The zero-order valence-electron chi connectivity index (χ0n) is 14.9. The molecule has 4 rings (SSSR count). The molecule has 8 heteroatoms. The van der Waals surface area contributed by atoms with Gasteiger partial charge in [0.15, 0.2) is 5.82 Å². The van der Waals surface area contributed by atoms with Gasteiger partial charge in [-0.2, -0.15) is 0 Å². The van der Waals surface area contributed by atoms with Crippen LogP contribution in [0.1, 0.15) is 40.8 Å². The Morgan fingerprint density at radius 1 is 1.15 bits per heavy atom. The average Bonchev–Trinajstić information content (AvgIpc) is 2.92. The summed E-state index contributed by atoms with van der Waals surface area (Å²) in [5, 5.41) is 8.61. The molecule has 0 saturated heterocycles. The number of nitrogens with zero attached hydrogens (tertiary/aromatic N) is 5. The molecule has 136 valence electrons. The van der Waals surface area contributed by atoms with Gasteiger partial charge in [0.1, 0.15) is 12.4 Å². The number of anilines is 1. The van der Waals surface area contributed by atoms with Crippen molar-refractivity contribution in [1.29, 1.82) is 0 Å². The summed E-state index contributed by atoms with van der Waals surface area (Å²) in [5.41, 5.74) is 7.01. The minimum absolute atomic E-state index is 0.0374. The van der Waals surface area contributed by atoms with Gasteiger partial charge in [-0.1, -0.05) is 12.1 Å². The lowest BCUT2D eigenvalue weighted by Gasteiger charge is -2.31. The number of hydrogen-bond donors (Lipinski definition) is 1. The molecule has 0 spiro atoms. The van der Waals surface area contributed by atoms with E-state index in [2.05, 4.69) is 10.2 Å². The molecule has 2 heterocycles. The Morgan fingerprint density at radius 3 is 2.62 bits per heavy atom. The number of carbonyl (C=O) groups is 2. The number of para-hydroxylation sites is 1. The fourth-order valence-corrected chi connectivity index (χ4v) is 3.65. The Labute approximate surface area is 151 Å². The molecule has 2 N–H and O–H groups in total. The van der Waals surface area contributed by atoms with Gasteiger partial charge in [0.05, 0.1) is 17.8 Å². The Balaban J connectivity index is 1.66. The lowest BCUT2D eigenvalue weighted by atomic mass is 9.80. The van der Waals surface area contributed by atoms with Crippen LogP contribution in [0.4, 0.5) is 5.69 Å². The lowest BCUT2D eigenvalue weighted by Crippen LogP contribution is -2.38. The van der Waals surface area contributed by atoms with Crippen LogP contribution in [0.3, 0.4) is 0 Å². The van der Waals surface area contributed by atoms with Crippen LogP contribution in [-0.2, 0) is 18.4 Å². The van der Waals surface area contributed by atoms with Crippen LogP contribution in [0.15, 0.2) is 24.3 Å². The Hall–Kier alpha value is -2.74. The summed E-state index contributed by atoms with van der Waals surface area (Å²) < 4.78 is 1.95. The first-order valence-corrected chi connectivity index (χ1v) is 8.74. The standard InChI is InChI=1S/C18H22N6O2/c1-22-10-16(25)24(14-6-4-3-5-13(14)18(22)26)9-15-20-21-17(23(15)2)11-7-12(19)8-11/h3-6,11-12H,7-10,19H2,1-2H3.